The Balaban J connectivity index is 1.95. The molecule has 0 unspecified atom stereocenters. The molecule has 2 aliphatic heterocycles. The fraction of sp³-hybridized carbons (Fsp3) is 0.800. The molecular weight excluding hydrogens is 300 g/mol. The molecule has 3 amide bonds. The van der Waals surface area contributed by atoms with Gasteiger partial charge in [0, 0.05) is 31.7 Å². The molecule has 0 aromatic heterocycles. The van der Waals surface area contributed by atoms with Crippen molar-refractivity contribution in [2.75, 3.05) is 32.7 Å². The van der Waals surface area contributed by atoms with Crippen LogP contribution in [0.25, 0.3) is 0 Å². The lowest BCUT2D eigenvalue weighted by Gasteiger charge is -2.41. The Labute approximate surface area is 136 Å². The SMILES string of the molecule is C[C@@H]1CN[C@@H](CN2CC(=O)NCC2=O)CN1C(=O)OC(C)(C)C. The Hall–Kier alpha value is -1.83. The molecule has 130 valence electrons. The third kappa shape index (κ3) is 4.82. The molecule has 0 radical (unpaired) electrons. The van der Waals surface area contributed by atoms with Gasteiger partial charge in [-0.25, -0.2) is 4.79 Å². The van der Waals surface area contributed by atoms with Crippen LogP contribution in [-0.4, -0.2) is 78.1 Å². The van der Waals surface area contributed by atoms with Gasteiger partial charge in [0.05, 0.1) is 13.1 Å². The zero-order valence-corrected chi connectivity index (χ0v) is 14.2. The van der Waals surface area contributed by atoms with E-state index in [-0.39, 0.29) is 43.1 Å². The second kappa shape index (κ2) is 6.74. The van der Waals surface area contributed by atoms with Crippen LogP contribution in [0.15, 0.2) is 0 Å². The van der Waals surface area contributed by atoms with Crippen LogP contribution in [0, 0.1) is 0 Å². The van der Waals surface area contributed by atoms with E-state index in [0.717, 1.165) is 0 Å². The molecule has 2 aliphatic rings. The Morgan fingerprint density at radius 2 is 2.04 bits per heavy atom. The minimum Gasteiger partial charge on any atom is -0.444 e. The van der Waals surface area contributed by atoms with Gasteiger partial charge in [-0.1, -0.05) is 0 Å². The topological polar surface area (TPSA) is 91.0 Å². The van der Waals surface area contributed by atoms with Gasteiger partial charge in [0.25, 0.3) is 0 Å². The Bertz CT molecular complexity index is 488. The normalized spacial score (nSPS) is 26.1. The van der Waals surface area contributed by atoms with Crippen LogP contribution >= 0.6 is 0 Å². The molecule has 0 aliphatic carbocycles. The van der Waals surface area contributed by atoms with Gasteiger partial charge < -0.3 is 25.2 Å². The summed E-state index contributed by atoms with van der Waals surface area (Å²) in [6.45, 7) is 9.03. The monoisotopic (exact) mass is 326 g/mol. The average molecular weight is 326 g/mol. The first kappa shape index (κ1) is 17.5. The van der Waals surface area contributed by atoms with Crippen LogP contribution in [0.1, 0.15) is 27.7 Å². The van der Waals surface area contributed by atoms with Gasteiger partial charge in [-0.2, -0.15) is 0 Å². The molecule has 0 spiro atoms. The average Bonchev–Trinajstić information content (AvgIpc) is 2.43. The van der Waals surface area contributed by atoms with Gasteiger partial charge in [-0.05, 0) is 27.7 Å². The third-order valence-corrected chi connectivity index (χ3v) is 3.84. The molecule has 2 heterocycles. The van der Waals surface area contributed by atoms with Crippen LogP contribution in [0.4, 0.5) is 4.79 Å². The summed E-state index contributed by atoms with van der Waals surface area (Å²) < 4.78 is 5.44. The first-order valence-corrected chi connectivity index (χ1v) is 7.93. The van der Waals surface area contributed by atoms with Gasteiger partial charge in [0.15, 0.2) is 0 Å². The van der Waals surface area contributed by atoms with Crippen LogP contribution in [0.2, 0.25) is 0 Å². The largest absolute Gasteiger partial charge is 0.444 e. The van der Waals surface area contributed by atoms with Crippen molar-refractivity contribution in [3.05, 3.63) is 0 Å². The summed E-state index contributed by atoms with van der Waals surface area (Å²) in [5.41, 5.74) is -0.544. The van der Waals surface area contributed by atoms with E-state index < -0.39 is 5.60 Å². The number of hydrogen-bond acceptors (Lipinski definition) is 5. The highest BCUT2D eigenvalue weighted by Crippen LogP contribution is 2.15. The van der Waals surface area contributed by atoms with Crippen molar-refractivity contribution in [2.24, 2.45) is 0 Å². The van der Waals surface area contributed by atoms with Crippen LogP contribution in [0.3, 0.4) is 0 Å². The van der Waals surface area contributed by atoms with Gasteiger partial charge in [0.2, 0.25) is 11.8 Å². The number of carbonyl (C=O) groups excluding carboxylic acids is 3. The van der Waals surface area contributed by atoms with Gasteiger partial charge >= 0.3 is 6.09 Å². The fourth-order valence-corrected chi connectivity index (χ4v) is 2.66. The second-order valence-corrected chi connectivity index (χ2v) is 7.14. The Morgan fingerprint density at radius 1 is 1.35 bits per heavy atom. The van der Waals surface area contributed by atoms with E-state index in [0.29, 0.717) is 19.6 Å². The van der Waals surface area contributed by atoms with Crippen molar-refractivity contribution in [1.82, 2.24) is 20.4 Å². The Morgan fingerprint density at radius 3 is 2.70 bits per heavy atom. The number of ether oxygens (including phenoxy) is 1. The van der Waals surface area contributed by atoms with E-state index in [1.807, 2.05) is 27.7 Å². The number of nitrogens with zero attached hydrogens (tertiary/aromatic N) is 2. The summed E-state index contributed by atoms with van der Waals surface area (Å²) in [5.74, 6) is -0.258. The molecule has 8 nitrogen and oxygen atoms in total. The van der Waals surface area contributed by atoms with Crippen molar-refractivity contribution in [1.29, 1.82) is 0 Å². The van der Waals surface area contributed by atoms with Crippen molar-refractivity contribution in [3.63, 3.8) is 0 Å². The Kier molecular flexibility index (Phi) is 5.13. The third-order valence-electron chi connectivity index (χ3n) is 3.84. The number of rotatable bonds is 2. The van der Waals surface area contributed by atoms with Gasteiger partial charge in [0.1, 0.15) is 5.60 Å². The number of hydrogen-bond donors (Lipinski definition) is 2. The zero-order valence-electron chi connectivity index (χ0n) is 14.2. The minimum atomic E-state index is -0.544. The van der Waals surface area contributed by atoms with E-state index in [4.69, 9.17) is 4.74 Å². The fourth-order valence-electron chi connectivity index (χ4n) is 2.66. The summed E-state index contributed by atoms with van der Waals surface area (Å²) in [7, 11) is 0. The predicted octanol–water partition coefficient (Wildman–Crippen LogP) is -0.458. The minimum absolute atomic E-state index is 0.0152. The highest BCUT2D eigenvalue weighted by molar-refractivity contribution is 5.92. The summed E-state index contributed by atoms with van der Waals surface area (Å²) in [6.07, 6.45) is -0.348. The first-order valence-electron chi connectivity index (χ1n) is 7.93. The quantitative estimate of drug-likeness (QED) is 0.717. The predicted molar refractivity (Wildman–Crippen MR) is 83.8 cm³/mol. The molecule has 23 heavy (non-hydrogen) atoms. The van der Waals surface area contributed by atoms with Crippen molar-refractivity contribution in [3.8, 4) is 0 Å². The highest BCUT2D eigenvalue weighted by atomic mass is 16.6. The summed E-state index contributed by atoms with van der Waals surface area (Å²) in [4.78, 5) is 38.8. The molecule has 2 fully saturated rings. The van der Waals surface area contributed by atoms with E-state index >= 15 is 0 Å². The van der Waals surface area contributed by atoms with Crippen LogP contribution in [-0.2, 0) is 14.3 Å². The number of carbonyl (C=O) groups is 3. The van der Waals surface area contributed by atoms with Gasteiger partial charge in [-0.3, -0.25) is 9.59 Å². The van der Waals surface area contributed by atoms with Crippen molar-refractivity contribution >= 4 is 17.9 Å². The summed E-state index contributed by atoms with van der Waals surface area (Å²) in [6, 6.07) is -0.0602. The number of piperazine rings is 2. The number of amides is 3. The molecule has 0 bridgehead atoms. The van der Waals surface area contributed by atoms with Crippen LogP contribution in [0.5, 0.6) is 0 Å². The maximum Gasteiger partial charge on any atom is 0.410 e. The molecule has 2 atom stereocenters. The lowest BCUT2D eigenvalue weighted by molar-refractivity contribution is -0.141. The molecule has 8 heteroatoms. The zero-order chi connectivity index (χ0) is 17.2. The molecule has 0 aromatic carbocycles. The molecule has 2 N–H and O–H groups in total. The van der Waals surface area contributed by atoms with Crippen molar-refractivity contribution < 1.29 is 19.1 Å². The molecular formula is C15H26N4O4. The summed E-state index contributed by atoms with van der Waals surface area (Å²) >= 11 is 0. The van der Waals surface area contributed by atoms with Crippen LogP contribution < -0.4 is 10.6 Å². The maximum absolute atomic E-state index is 12.3. The second-order valence-electron chi connectivity index (χ2n) is 7.14. The van der Waals surface area contributed by atoms with E-state index in [1.165, 1.54) is 4.90 Å². The lowest BCUT2D eigenvalue weighted by atomic mass is 10.1. The molecule has 2 rings (SSSR count). The molecule has 0 saturated carbocycles. The molecule has 0 aromatic rings. The highest BCUT2D eigenvalue weighted by Gasteiger charge is 2.34. The smallest absolute Gasteiger partial charge is 0.410 e. The first-order chi connectivity index (χ1) is 10.7. The lowest BCUT2D eigenvalue weighted by Crippen LogP contribution is -2.62. The summed E-state index contributed by atoms with van der Waals surface area (Å²) in [5, 5.41) is 5.85. The van der Waals surface area contributed by atoms with E-state index in [9.17, 15) is 14.4 Å². The maximum atomic E-state index is 12.3. The molecule has 2 saturated heterocycles. The van der Waals surface area contributed by atoms with E-state index in [1.54, 1.807) is 4.90 Å². The number of nitrogens with one attached hydrogen (secondary N) is 2. The van der Waals surface area contributed by atoms with Crippen molar-refractivity contribution in [2.45, 2.75) is 45.4 Å². The van der Waals surface area contributed by atoms with E-state index in [2.05, 4.69) is 10.6 Å². The standard InChI is InChI=1S/C15H26N4O4/c1-10-5-16-11(7-18-9-12(20)17-6-13(18)21)8-19(10)14(22)23-15(2,3)4/h10-11,16H,5-9H2,1-4H3,(H,17,20)/t10-,11+/m1/s1. The van der Waals surface area contributed by atoms with Gasteiger partial charge in [-0.15, -0.1) is 0 Å².